The van der Waals surface area contributed by atoms with Crippen molar-refractivity contribution < 1.29 is 29.1 Å². The van der Waals surface area contributed by atoms with Gasteiger partial charge in [-0.3, -0.25) is 14.4 Å². The van der Waals surface area contributed by atoms with E-state index in [2.05, 4.69) is 10.6 Å². The van der Waals surface area contributed by atoms with Gasteiger partial charge < -0.3 is 31.3 Å². The maximum Gasteiger partial charge on any atom is 0.374 e. The highest BCUT2D eigenvalue weighted by atomic mass is 32.2. The molecule has 0 bridgehead atoms. The Morgan fingerprint density at radius 2 is 1.83 bits per heavy atom. The van der Waals surface area contributed by atoms with E-state index in [4.69, 9.17) is 5.73 Å². The summed E-state index contributed by atoms with van der Waals surface area (Å²) in [4.78, 5) is 65.3. The van der Waals surface area contributed by atoms with Gasteiger partial charge in [-0.2, -0.15) is 0 Å². The average Bonchev–Trinajstić information content (AvgIpc) is 3.31. The second-order valence-electron chi connectivity index (χ2n) is 8.63. The normalized spacial score (nSPS) is 16.9. The van der Waals surface area contributed by atoms with Gasteiger partial charge in [0.05, 0.1) is 5.88 Å². The molecule has 12 heteroatoms. The number of nitrogens with zero attached hydrogens (tertiary/aromatic N) is 2. The highest BCUT2D eigenvalue weighted by Gasteiger charge is 2.40. The number of carbonyl (C=O) groups is 5. The van der Waals surface area contributed by atoms with E-state index in [9.17, 15) is 29.1 Å². The molecule has 35 heavy (non-hydrogen) atoms. The van der Waals surface area contributed by atoms with Crippen molar-refractivity contribution in [2.45, 2.75) is 38.4 Å². The Morgan fingerprint density at radius 3 is 2.40 bits per heavy atom. The van der Waals surface area contributed by atoms with Gasteiger partial charge in [-0.15, -0.1) is 11.8 Å². The smallest absolute Gasteiger partial charge is 0.374 e. The van der Waals surface area contributed by atoms with Crippen LogP contribution in [0.15, 0.2) is 30.3 Å². The van der Waals surface area contributed by atoms with Crippen LogP contribution in [-0.4, -0.2) is 94.4 Å². The molecule has 192 valence electrons. The van der Waals surface area contributed by atoms with Crippen LogP contribution in [-0.2, 0) is 25.6 Å². The Morgan fingerprint density at radius 1 is 1.17 bits per heavy atom. The maximum absolute atomic E-state index is 13.4. The largest absolute Gasteiger partial charge is 0.475 e. The standard InChI is InChI=1S/C23H33N5O6S/c1-14(2)18(26-23(34)27(3)10-9-24)21(31)28-13-35-12-17(28)20(30)25-16(19(29)22(32)33)11-15-7-5-4-6-8-15/h4-8,14,16-18H,9-13,24H2,1-3H3,(H,25,30)(H,26,34)(H,32,33)/t16-,17-,18-/m0/s1. The fourth-order valence-electron chi connectivity index (χ4n) is 3.58. The first kappa shape index (κ1) is 28.1. The molecule has 1 fully saturated rings. The van der Waals surface area contributed by atoms with Crippen molar-refractivity contribution in [2.24, 2.45) is 11.7 Å². The Bertz CT molecular complexity index is 928. The number of carbonyl (C=O) groups excluding carboxylic acids is 4. The molecule has 0 aromatic heterocycles. The third-order valence-electron chi connectivity index (χ3n) is 5.62. The zero-order chi connectivity index (χ0) is 26.1. The van der Waals surface area contributed by atoms with Gasteiger partial charge in [0.1, 0.15) is 18.1 Å². The van der Waals surface area contributed by atoms with Crippen molar-refractivity contribution in [3.8, 4) is 0 Å². The highest BCUT2D eigenvalue weighted by Crippen LogP contribution is 2.24. The third-order valence-corrected chi connectivity index (χ3v) is 6.63. The molecule has 11 nitrogen and oxygen atoms in total. The van der Waals surface area contributed by atoms with Gasteiger partial charge in [-0.1, -0.05) is 44.2 Å². The molecule has 0 radical (unpaired) electrons. The van der Waals surface area contributed by atoms with E-state index in [-0.39, 0.29) is 30.5 Å². The summed E-state index contributed by atoms with van der Waals surface area (Å²) in [5.41, 5.74) is 6.18. The fourth-order valence-corrected chi connectivity index (χ4v) is 4.75. The zero-order valence-corrected chi connectivity index (χ0v) is 20.9. The molecule has 1 aliphatic heterocycles. The van der Waals surface area contributed by atoms with Gasteiger partial charge in [0.15, 0.2) is 0 Å². The van der Waals surface area contributed by atoms with E-state index in [0.29, 0.717) is 12.1 Å². The predicted octanol–water partition coefficient (Wildman–Crippen LogP) is -0.106. The average molecular weight is 508 g/mol. The topological polar surface area (TPSA) is 162 Å². The van der Waals surface area contributed by atoms with Gasteiger partial charge in [-0.25, -0.2) is 9.59 Å². The number of carboxylic acid groups (broad SMARTS) is 1. The van der Waals surface area contributed by atoms with Crippen LogP contribution in [0, 0.1) is 5.92 Å². The number of thioether (sulfide) groups is 1. The first-order valence-corrected chi connectivity index (χ1v) is 12.4. The molecular weight excluding hydrogens is 474 g/mol. The molecule has 0 aliphatic carbocycles. The summed E-state index contributed by atoms with van der Waals surface area (Å²) in [5, 5.41) is 14.5. The Labute approximate surface area is 208 Å². The van der Waals surface area contributed by atoms with Crippen LogP contribution in [0.3, 0.4) is 0 Å². The van der Waals surface area contributed by atoms with Gasteiger partial charge in [0, 0.05) is 32.3 Å². The Balaban J connectivity index is 2.16. The van der Waals surface area contributed by atoms with E-state index in [1.165, 1.54) is 21.6 Å². The number of rotatable bonds is 11. The number of nitrogens with two attached hydrogens (primary N) is 1. The summed E-state index contributed by atoms with van der Waals surface area (Å²) in [7, 11) is 1.57. The number of urea groups is 1. The van der Waals surface area contributed by atoms with Crippen LogP contribution in [0.25, 0.3) is 0 Å². The van der Waals surface area contributed by atoms with Crippen LogP contribution in [0.1, 0.15) is 19.4 Å². The first-order valence-electron chi connectivity index (χ1n) is 11.3. The van der Waals surface area contributed by atoms with Crippen LogP contribution in [0.5, 0.6) is 0 Å². The Kier molecular flexibility index (Phi) is 10.5. The zero-order valence-electron chi connectivity index (χ0n) is 20.1. The lowest BCUT2D eigenvalue weighted by atomic mass is 10.0. The van der Waals surface area contributed by atoms with Crippen molar-refractivity contribution in [1.82, 2.24) is 20.4 Å². The quantitative estimate of drug-likeness (QED) is 0.302. The van der Waals surface area contributed by atoms with Crippen LogP contribution in [0.2, 0.25) is 0 Å². The van der Waals surface area contributed by atoms with E-state index in [0.717, 1.165) is 0 Å². The highest BCUT2D eigenvalue weighted by molar-refractivity contribution is 7.99. The molecule has 1 heterocycles. The number of hydrogen-bond acceptors (Lipinski definition) is 7. The number of carboxylic acids is 1. The molecule has 1 aromatic carbocycles. The fraction of sp³-hybridized carbons (Fsp3) is 0.522. The molecule has 1 saturated heterocycles. The number of nitrogens with one attached hydrogen (secondary N) is 2. The summed E-state index contributed by atoms with van der Waals surface area (Å²) in [6.45, 7) is 4.15. The minimum absolute atomic E-state index is 0.00365. The lowest BCUT2D eigenvalue weighted by Crippen LogP contribution is -2.58. The number of Topliss-reactive ketones (excluding diaryl/α,β-unsaturated/α-hetero) is 1. The Hall–Kier alpha value is -3.12. The maximum atomic E-state index is 13.4. The van der Waals surface area contributed by atoms with Crippen LogP contribution >= 0.6 is 11.8 Å². The predicted molar refractivity (Wildman–Crippen MR) is 132 cm³/mol. The summed E-state index contributed by atoms with van der Waals surface area (Å²) in [6.07, 6.45) is 0.00365. The summed E-state index contributed by atoms with van der Waals surface area (Å²) >= 11 is 1.36. The van der Waals surface area contributed by atoms with Crippen molar-refractivity contribution in [3.05, 3.63) is 35.9 Å². The SMILES string of the molecule is CC(C)[C@H](NC(=O)N(C)CCN)C(=O)N1CSC[C@H]1C(=O)N[C@@H](Cc1ccccc1)C(=O)C(=O)O. The molecule has 0 spiro atoms. The van der Waals surface area contributed by atoms with Gasteiger partial charge in [-0.05, 0) is 11.5 Å². The number of likely N-dealkylation sites (N-methyl/N-ethyl adjacent to an activating group) is 1. The summed E-state index contributed by atoms with van der Waals surface area (Å²) < 4.78 is 0. The minimum atomic E-state index is -1.65. The lowest BCUT2D eigenvalue weighted by Gasteiger charge is -2.31. The molecule has 1 aromatic rings. The lowest BCUT2D eigenvalue weighted by molar-refractivity contribution is -0.150. The first-order chi connectivity index (χ1) is 16.6. The van der Waals surface area contributed by atoms with Crippen molar-refractivity contribution in [3.63, 3.8) is 0 Å². The monoisotopic (exact) mass is 507 g/mol. The van der Waals surface area contributed by atoms with Crippen molar-refractivity contribution in [2.75, 3.05) is 31.8 Å². The molecule has 5 N–H and O–H groups in total. The number of hydrogen-bond donors (Lipinski definition) is 4. The van der Waals surface area contributed by atoms with Gasteiger partial charge in [0.25, 0.3) is 5.78 Å². The molecule has 1 aliphatic rings. The molecular formula is C23H33N5O6S. The molecule has 4 amide bonds. The second kappa shape index (κ2) is 13.1. The molecule has 2 rings (SSSR count). The molecule has 3 atom stereocenters. The van der Waals surface area contributed by atoms with Crippen molar-refractivity contribution in [1.29, 1.82) is 0 Å². The van der Waals surface area contributed by atoms with Crippen LogP contribution < -0.4 is 16.4 Å². The third kappa shape index (κ3) is 7.69. The second-order valence-corrected chi connectivity index (χ2v) is 9.63. The number of ketones is 1. The minimum Gasteiger partial charge on any atom is -0.475 e. The van der Waals surface area contributed by atoms with E-state index < -0.39 is 47.7 Å². The number of amides is 4. The summed E-state index contributed by atoms with van der Waals surface area (Å²) in [6, 6.07) is 5.22. The van der Waals surface area contributed by atoms with Crippen molar-refractivity contribution >= 4 is 41.4 Å². The molecule has 0 unspecified atom stereocenters. The van der Waals surface area contributed by atoms with Gasteiger partial charge in [0.2, 0.25) is 11.8 Å². The van der Waals surface area contributed by atoms with Crippen LogP contribution in [0.4, 0.5) is 4.79 Å². The molecule has 0 saturated carbocycles. The summed E-state index contributed by atoms with van der Waals surface area (Å²) in [5.74, 6) is -3.58. The number of aliphatic carboxylic acids is 1. The number of benzene rings is 1. The van der Waals surface area contributed by atoms with E-state index in [1.54, 1.807) is 51.2 Å². The van der Waals surface area contributed by atoms with E-state index >= 15 is 0 Å². The van der Waals surface area contributed by atoms with Gasteiger partial charge >= 0.3 is 12.0 Å². The van der Waals surface area contributed by atoms with E-state index in [1.807, 2.05) is 0 Å².